The first kappa shape index (κ1) is 20.4. The Kier molecular flexibility index (Phi) is 5.17. The molecule has 4 nitrogen and oxygen atoms in total. The highest BCUT2D eigenvalue weighted by Gasteiger charge is 2.63. The van der Waals surface area contributed by atoms with Gasteiger partial charge in [-0.1, -0.05) is 43.5 Å². The Balaban J connectivity index is 1.42. The van der Waals surface area contributed by atoms with Crippen LogP contribution in [0.25, 0.3) is 17.2 Å². The molecule has 3 aliphatic rings. The van der Waals surface area contributed by atoms with Gasteiger partial charge >= 0.3 is 5.97 Å². The molecule has 1 aromatic heterocycles. The Morgan fingerprint density at radius 2 is 2.03 bits per heavy atom. The zero-order chi connectivity index (χ0) is 21.6. The molecule has 1 saturated heterocycles. The van der Waals surface area contributed by atoms with E-state index in [4.69, 9.17) is 4.74 Å². The lowest BCUT2D eigenvalue weighted by atomic mass is 9.56. The number of hydrogen-bond donors (Lipinski definition) is 1. The molecular weight excluding hydrogens is 393 g/mol. The van der Waals surface area contributed by atoms with E-state index in [1.165, 1.54) is 18.6 Å². The van der Waals surface area contributed by atoms with Crippen molar-refractivity contribution in [2.24, 2.45) is 23.7 Å². The monoisotopic (exact) mass is 421 g/mol. The second-order valence-electron chi connectivity index (χ2n) is 9.39. The Bertz CT molecular complexity index is 1000. The lowest BCUT2D eigenvalue weighted by Crippen LogP contribution is -2.54. The molecule has 31 heavy (non-hydrogen) atoms. The second-order valence-corrected chi connectivity index (χ2v) is 9.39. The van der Waals surface area contributed by atoms with E-state index in [9.17, 15) is 14.3 Å². The maximum atomic E-state index is 13.5. The lowest BCUT2D eigenvalue weighted by Gasteiger charge is -2.48. The van der Waals surface area contributed by atoms with Gasteiger partial charge in [-0.3, -0.25) is 4.98 Å². The Morgan fingerprint density at radius 3 is 2.81 bits per heavy atom. The number of allylic oxidation sites excluding steroid dienone is 1. The molecule has 5 rings (SSSR count). The third-order valence-electron chi connectivity index (χ3n) is 7.59. The van der Waals surface area contributed by atoms with Crippen LogP contribution in [0.1, 0.15) is 44.7 Å². The predicted molar refractivity (Wildman–Crippen MR) is 116 cm³/mol. The summed E-state index contributed by atoms with van der Waals surface area (Å²) < 4.78 is 19.0. The third-order valence-corrected chi connectivity index (χ3v) is 7.59. The molecule has 3 fully saturated rings. The second kappa shape index (κ2) is 7.86. The number of nitrogens with zero attached hydrogens (tertiary/aromatic N) is 1. The van der Waals surface area contributed by atoms with Gasteiger partial charge < -0.3 is 9.84 Å². The van der Waals surface area contributed by atoms with E-state index in [1.807, 2.05) is 31.2 Å². The molecule has 1 aromatic carbocycles. The molecule has 0 bridgehead atoms. The minimum Gasteiger partial charge on any atom is -0.460 e. The van der Waals surface area contributed by atoms with Gasteiger partial charge in [-0.2, -0.15) is 0 Å². The quantitative estimate of drug-likeness (QED) is 0.707. The maximum absolute atomic E-state index is 13.5. The minimum atomic E-state index is -1.37. The van der Waals surface area contributed by atoms with Crippen LogP contribution in [0.5, 0.6) is 0 Å². The number of ether oxygens (including phenoxy) is 1. The van der Waals surface area contributed by atoms with E-state index in [0.29, 0.717) is 18.3 Å². The molecule has 2 aliphatic carbocycles. The first-order valence-electron chi connectivity index (χ1n) is 11.3. The summed E-state index contributed by atoms with van der Waals surface area (Å²) in [5, 5.41) is 11.3. The van der Waals surface area contributed by atoms with Gasteiger partial charge in [-0.15, -0.1) is 0 Å². The van der Waals surface area contributed by atoms with Crippen LogP contribution in [0.4, 0.5) is 4.39 Å². The van der Waals surface area contributed by atoms with Gasteiger partial charge in [0.1, 0.15) is 11.9 Å². The van der Waals surface area contributed by atoms with Crippen molar-refractivity contribution in [1.82, 2.24) is 4.98 Å². The summed E-state index contributed by atoms with van der Waals surface area (Å²) in [6, 6.07) is 10.3. The van der Waals surface area contributed by atoms with Crippen molar-refractivity contribution in [3.63, 3.8) is 0 Å². The maximum Gasteiger partial charge on any atom is 0.338 e. The number of esters is 1. The van der Waals surface area contributed by atoms with E-state index in [2.05, 4.69) is 11.1 Å². The number of carbonyl (C=O) groups is 1. The van der Waals surface area contributed by atoms with Gasteiger partial charge in [0.2, 0.25) is 0 Å². The van der Waals surface area contributed by atoms with Gasteiger partial charge in [0.15, 0.2) is 5.60 Å². The van der Waals surface area contributed by atoms with Crippen molar-refractivity contribution in [1.29, 1.82) is 0 Å². The van der Waals surface area contributed by atoms with Crippen molar-refractivity contribution >= 4 is 12.0 Å². The number of rotatable bonds is 3. The smallest absolute Gasteiger partial charge is 0.338 e. The van der Waals surface area contributed by atoms with E-state index < -0.39 is 11.6 Å². The van der Waals surface area contributed by atoms with Gasteiger partial charge in [-0.05, 0) is 67.4 Å². The highest BCUT2D eigenvalue weighted by molar-refractivity contribution is 5.82. The normalized spacial score (nSPS) is 34.9. The molecule has 0 unspecified atom stereocenters. The van der Waals surface area contributed by atoms with E-state index in [-0.39, 0.29) is 23.8 Å². The number of halogens is 1. The zero-order valence-electron chi connectivity index (χ0n) is 17.7. The van der Waals surface area contributed by atoms with Gasteiger partial charge in [-0.25, -0.2) is 9.18 Å². The molecule has 0 spiro atoms. The molecule has 5 heteroatoms. The number of fused-ring (bicyclic) bond motifs is 2. The van der Waals surface area contributed by atoms with Crippen LogP contribution in [0.15, 0.2) is 48.7 Å². The summed E-state index contributed by atoms with van der Waals surface area (Å²) in [4.78, 5) is 17.0. The highest BCUT2D eigenvalue weighted by atomic mass is 19.1. The Morgan fingerprint density at radius 1 is 1.19 bits per heavy atom. The molecular formula is C26H28FNO3. The number of aromatic nitrogens is 1. The van der Waals surface area contributed by atoms with E-state index >= 15 is 0 Å². The van der Waals surface area contributed by atoms with E-state index in [1.54, 1.807) is 12.3 Å². The average Bonchev–Trinajstić information content (AvgIpc) is 2.99. The molecule has 0 radical (unpaired) electrons. The van der Waals surface area contributed by atoms with Crippen molar-refractivity contribution in [3.05, 3.63) is 60.2 Å². The van der Waals surface area contributed by atoms with E-state index in [0.717, 1.165) is 36.1 Å². The summed E-state index contributed by atoms with van der Waals surface area (Å²) >= 11 is 0. The summed E-state index contributed by atoms with van der Waals surface area (Å²) in [7, 11) is 0. The van der Waals surface area contributed by atoms with Gasteiger partial charge in [0, 0.05) is 17.7 Å². The molecule has 1 N–H and O–H groups in total. The zero-order valence-corrected chi connectivity index (χ0v) is 17.7. The Labute approximate surface area is 182 Å². The number of benzene rings is 1. The molecule has 0 amide bonds. The SMILES string of the molecule is C[C@H]1OC(=O)[C@]2(O)C[C@@H]3CCCC[C@H]3[C@H](/C=C/c3ccc(-c4cccc(F)c4)cn3)[C@H]12. The predicted octanol–water partition coefficient (Wildman–Crippen LogP) is 5.02. The first-order chi connectivity index (χ1) is 15.0. The number of pyridine rings is 1. The van der Waals surface area contributed by atoms with Crippen LogP contribution in [0, 0.1) is 29.5 Å². The fraction of sp³-hybridized carbons (Fsp3) is 0.462. The Hall–Kier alpha value is -2.53. The van der Waals surface area contributed by atoms with Crippen LogP contribution < -0.4 is 0 Å². The van der Waals surface area contributed by atoms with Crippen LogP contribution in [-0.4, -0.2) is 27.8 Å². The minimum absolute atomic E-state index is 0.0789. The molecule has 1 aliphatic heterocycles. The fourth-order valence-electron chi connectivity index (χ4n) is 6.20. The molecule has 2 saturated carbocycles. The van der Waals surface area contributed by atoms with Crippen LogP contribution in [-0.2, 0) is 9.53 Å². The number of aliphatic hydroxyl groups is 1. The standard InChI is InChI=1S/C26H28FNO3/c1-16-24-23(22-8-3-2-5-18(22)14-26(24,30)25(29)31-16)12-11-21-10-9-19(15-28-21)17-6-4-7-20(27)13-17/h4,6-7,9-13,15-16,18,22-24,30H,2-3,5,8,14H2,1H3/b12-11+/t16-,18+,22-,23+,24+,26+/m1/s1. The van der Waals surface area contributed by atoms with Gasteiger partial charge in [0.05, 0.1) is 5.69 Å². The molecule has 2 heterocycles. The first-order valence-corrected chi connectivity index (χ1v) is 11.3. The fourth-order valence-corrected chi connectivity index (χ4v) is 6.20. The lowest BCUT2D eigenvalue weighted by molar-refractivity contribution is -0.162. The largest absolute Gasteiger partial charge is 0.460 e. The topological polar surface area (TPSA) is 59.4 Å². The van der Waals surface area contributed by atoms with Crippen molar-refractivity contribution < 1.29 is 19.0 Å². The van der Waals surface area contributed by atoms with Crippen molar-refractivity contribution in [3.8, 4) is 11.1 Å². The molecule has 2 aromatic rings. The van der Waals surface area contributed by atoms with Crippen LogP contribution >= 0.6 is 0 Å². The third kappa shape index (κ3) is 3.59. The molecule has 6 atom stereocenters. The highest BCUT2D eigenvalue weighted by Crippen LogP contribution is 2.55. The average molecular weight is 422 g/mol. The molecule has 162 valence electrons. The van der Waals surface area contributed by atoms with Crippen LogP contribution in [0.3, 0.4) is 0 Å². The van der Waals surface area contributed by atoms with Crippen LogP contribution in [0.2, 0.25) is 0 Å². The number of carbonyl (C=O) groups excluding carboxylic acids is 1. The summed E-state index contributed by atoms with van der Waals surface area (Å²) in [6.07, 6.45) is 10.7. The summed E-state index contributed by atoms with van der Waals surface area (Å²) in [5.41, 5.74) is 1.08. The summed E-state index contributed by atoms with van der Waals surface area (Å²) in [6.45, 7) is 1.90. The summed E-state index contributed by atoms with van der Waals surface area (Å²) in [5.74, 6) is -0.0531. The van der Waals surface area contributed by atoms with Crippen molar-refractivity contribution in [2.75, 3.05) is 0 Å². The number of cyclic esters (lactones) is 1. The van der Waals surface area contributed by atoms with Gasteiger partial charge in [0.25, 0.3) is 0 Å². The van der Waals surface area contributed by atoms with Crippen molar-refractivity contribution in [2.45, 2.75) is 50.7 Å². The number of hydrogen-bond acceptors (Lipinski definition) is 4.